The Bertz CT molecular complexity index is 1120. The van der Waals surface area contributed by atoms with Crippen molar-refractivity contribution in [2.24, 2.45) is 0 Å². The predicted molar refractivity (Wildman–Crippen MR) is 108 cm³/mol. The van der Waals surface area contributed by atoms with Crippen LogP contribution in [0.4, 0.5) is 5.69 Å². The Morgan fingerprint density at radius 2 is 1.93 bits per heavy atom. The number of halogens is 1. The largest absolute Gasteiger partial charge is 0.452 e. The van der Waals surface area contributed by atoms with E-state index in [1.54, 1.807) is 24.6 Å². The highest BCUT2D eigenvalue weighted by atomic mass is 35.5. The van der Waals surface area contributed by atoms with Crippen LogP contribution in [0.25, 0.3) is 5.69 Å². The molecule has 0 spiro atoms. The van der Waals surface area contributed by atoms with Crippen LogP contribution in [0.15, 0.2) is 48.5 Å². The normalized spacial score (nSPS) is 10.3. The maximum absolute atomic E-state index is 12.5. The Labute approximate surface area is 172 Å². The van der Waals surface area contributed by atoms with Gasteiger partial charge in [-0.25, -0.2) is 9.48 Å². The van der Waals surface area contributed by atoms with E-state index < -0.39 is 18.5 Å². The van der Waals surface area contributed by atoms with Crippen molar-refractivity contribution in [1.82, 2.24) is 9.78 Å². The molecule has 0 aliphatic heterocycles. The maximum Gasteiger partial charge on any atom is 0.342 e. The van der Waals surface area contributed by atoms with Gasteiger partial charge in [0.05, 0.1) is 27.7 Å². The SMILES string of the molecule is Cc1nn(-c2ccccc2)c(C)c1C(=O)OCC(=O)Nc1ccc(C#N)c(Cl)c1. The summed E-state index contributed by atoms with van der Waals surface area (Å²) < 4.78 is 6.82. The molecular formula is C21H17ClN4O3. The monoisotopic (exact) mass is 408 g/mol. The summed E-state index contributed by atoms with van der Waals surface area (Å²) in [7, 11) is 0. The summed E-state index contributed by atoms with van der Waals surface area (Å²) in [6.45, 7) is 3.01. The van der Waals surface area contributed by atoms with Gasteiger partial charge >= 0.3 is 5.97 Å². The Balaban J connectivity index is 1.67. The number of aryl methyl sites for hydroxylation is 1. The fourth-order valence-electron chi connectivity index (χ4n) is 2.84. The molecule has 1 aromatic heterocycles. The van der Waals surface area contributed by atoms with Crippen LogP contribution in [0, 0.1) is 25.2 Å². The highest BCUT2D eigenvalue weighted by Crippen LogP contribution is 2.21. The van der Waals surface area contributed by atoms with Crippen LogP contribution in [0.1, 0.15) is 27.3 Å². The van der Waals surface area contributed by atoms with Gasteiger partial charge in [-0.05, 0) is 44.2 Å². The second kappa shape index (κ2) is 8.59. The Hall–Kier alpha value is -3.63. The van der Waals surface area contributed by atoms with Crippen LogP contribution in [0.2, 0.25) is 5.02 Å². The molecule has 29 heavy (non-hydrogen) atoms. The van der Waals surface area contributed by atoms with Crippen LogP contribution in [0.5, 0.6) is 0 Å². The molecule has 1 heterocycles. The van der Waals surface area contributed by atoms with Gasteiger partial charge in [0.2, 0.25) is 0 Å². The lowest BCUT2D eigenvalue weighted by Gasteiger charge is -2.08. The highest BCUT2D eigenvalue weighted by molar-refractivity contribution is 6.32. The molecule has 0 saturated heterocycles. The Morgan fingerprint density at radius 3 is 2.59 bits per heavy atom. The van der Waals surface area contributed by atoms with Crippen LogP contribution >= 0.6 is 11.6 Å². The lowest BCUT2D eigenvalue weighted by molar-refractivity contribution is -0.119. The van der Waals surface area contributed by atoms with E-state index in [1.165, 1.54) is 12.1 Å². The van der Waals surface area contributed by atoms with E-state index in [-0.39, 0.29) is 5.02 Å². The third-order valence-electron chi connectivity index (χ3n) is 4.20. The molecule has 2 aromatic carbocycles. The van der Waals surface area contributed by atoms with E-state index in [4.69, 9.17) is 21.6 Å². The number of amides is 1. The number of anilines is 1. The van der Waals surface area contributed by atoms with Crippen molar-refractivity contribution in [2.45, 2.75) is 13.8 Å². The molecule has 8 heteroatoms. The molecule has 146 valence electrons. The van der Waals surface area contributed by atoms with Crippen LogP contribution in [0.3, 0.4) is 0 Å². The number of carbonyl (C=O) groups is 2. The minimum atomic E-state index is -0.629. The summed E-state index contributed by atoms with van der Waals surface area (Å²) >= 11 is 5.94. The molecule has 0 radical (unpaired) electrons. The first-order valence-electron chi connectivity index (χ1n) is 8.69. The molecule has 3 rings (SSSR count). The fourth-order valence-corrected chi connectivity index (χ4v) is 3.07. The minimum Gasteiger partial charge on any atom is -0.452 e. The number of ether oxygens (including phenoxy) is 1. The van der Waals surface area contributed by atoms with Crippen molar-refractivity contribution >= 4 is 29.2 Å². The lowest BCUT2D eigenvalue weighted by Crippen LogP contribution is -2.21. The number of hydrogen-bond donors (Lipinski definition) is 1. The second-order valence-corrected chi connectivity index (χ2v) is 6.63. The van der Waals surface area contributed by atoms with Gasteiger partial charge < -0.3 is 10.1 Å². The summed E-state index contributed by atoms with van der Waals surface area (Å²) in [4.78, 5) is 24.6. The predicted octanol–water partition coefficient (Wildman–Crippen LogP) is 3.81. The topological polar surface area (TPSA) is 97.0 Å². The summed E-state index contributed by atoms with van der Waals surface area (Å²) in [5.41, 5.74) is 2.98. The number of nitrogens with one attached hydrogen (secondary N) is 1. The number of nitrogens with zero attached hydrogens (tertiary/aromatic N) is 3. The Kier molecular flexibility index (Phi) is 5.96. The number of benzene rings is 2. The van der Waals surface area contributed by atoms with Gasteiger partial charge in [0.1, 0.15) is 11.6 Å². The number of aromatic nitrogens is 2. The van der Waals surface area contributed by atoms with Gasteiger partial charge in [-0.15, -0.1) is 0 Å². The molecule has 0 aliphatic rings. The zero-order valence-electron chi connectivity index (χ0n) is 15.8. The Morgan fingerprint density at radius 1 is 1.21 bits per heavy atom. The third-order valence-corrected chi connectivity index (χ3v) is 4.52. The van der Waals surface area contributed by atoms with Crippen LogP contribution < -0.4 is 5.32 Å². The van der Waals surface area contributed by atoms with Gasteiger partial charge in [-0.2, -0.15) is 10.4 Å². The van der Waals surface area contributed by atoms with Crippen LogP contribution in [-0.2, 0) is 9.53 Å². The molecule has 3 aromatic rings. The van der Waals surface area contributed by atoms with Crippen molar-refractivity contribution in [3.8, 4) is 11.8 Å². The van der Waals surface area contributed by atoms with E-state index in [0.29, 0.717) is 28.2 Å². The number of carbonyl (C=O) groups excluding carboxylic acids is 2. The summed E-state index contributed by atoms with van der Waals surface area (Å²) in [6.07, 6.45) is 0. The van der Waals surface area contributed by atoms with Crippen molar-refractivity contribution in [1.29, 1.82) is 5.26 Å². The molecule has 1 amide bonds. The zero-order chi connectivity index (χ0) is 21.0. The minimum absolute atomic E-state index is 0.224. The molecule has 7 nitrogen and oxygen atoms in total. The van der Waals surface area contributed by atoms with E-state index in [9.17, 15) is 9.59 Å². The van der Waals surface area contributed by atoms with E-state index in [0.717, 1.165) is 5.69 Å². The first kappa shape index (κ1) is 20.1. The quantitative estimate of drug-likeness (QED) is 0.647. The van der Waals surface area contributed by atoms with Gasteiger partial charge in [-0.3, -0.25) is 4.79 Å². The number of rotatable bonds is 5. The second-order valence-electron chi connectivity index (χ2n) is 6.22. The average Bonchev–Trinajstić information content (AvgIpc) is 3.01. The van der Waals surface area contributed by atoms with Crippen molar-refractivity contribution in [3.63, 3.8) is 0 Å². The number of hydrogen-bond acceptors (Lipinski definition) is 5. The smallest absolute Gasteiger partial charge is 0.342 e. The zero-order valence-corrected chi connectivity index (χ0v) is 16.5. The molecule has 0 saturated carbocycles. The molecular weight excluding hydrogens is 392 g/mol. The summed E-state index contributed by atoms with van der Waals surface area (Å²) in [5, 5.41) is 16.1. The fraction of sp³-hybridized carbons (Fsp3) is 0.143. The standard InChI is InChI=1S/C21H17ClN4O3/c1-13-20(14(2)26(25-13)17-6-4-3-5-7-17)21(28)29-12-19(27)24-16-9-8-15(11-23)18(22)10-16/h3-10H,12H2,1-2H3,(H,24,27). The molecule has 0 aliphatic carbocycles. The first-order valence-corrected chi connectivity index (χ1v) is 9.06. The first-order chi connectivity index (χ1) is 13.9. The van der Waals surface area contributed by atoms with Crippen LogP contribution in [-0.4, -0.2) is 28.3 Å². The maximum atomic E-state index is 12.5. The van der Waals surface area contributed by atoms with Crippen molar-refractivity contribution in [3.05, 3.63) is 76.1 Å². The number of para-hydroxylation sites is 1. The molecule has 0 unspecified atom stereocenters. The van der Waals surface area contributed by atoms with Crippen molar-refractivity contribution in [2.75, 3.05) is 11.9 Å². The van der Waals surface area contributed by atoms with Gasteiger partial charge in [0.15, 0.2) is 6.61 Å². The van der Waals surface area contributed by atoms with Crippen molar-refractivity contribution < 1.29 is 14.3 Å². The van der Waals surface area contributed by atoms with Gasteiger partial charge in [-0.1, -0.05) is 29.8 Å². The van der Waals surface area contributed by atoms with E-state index in [2.05, 4.69) is 10.4 Å². The molecule has 0 fully saturated rings. The highest BCUT2D eigenvalue weighted by Gasteiger charge is 2.21. The molecule has 1 N–H and O–H groups in total. The third kappa shape index (κ3) is 4.45. The number of esters is 1. The lowest BCUT2D eigenvalue weighted by atomic mass is 10.2. The van der Waals surface area contributed by atoms with Gasteiger partial charge in [0, 0.05) is 5.69 Å². The summed E-state index contributed by atoms with van der Waals surface area (Å²) in [6, 6.07) is 15.8. The average molecular weight is 409 g/mol. The summed E-state index contributed by atoms with van der Waals surface area (Å²) in [5.74, 6) is -1.15. The molecule has 0 atom stereocenters. The van der Waals surface area contributed by atoms with E-state index >= 15 is 0 Å². The number of nitriles is 1. The molecule has 0 bridgehead atoms. The van der Waals surface area contributed by atoms with Gasteiger partial charge in [0.25, 0.3) is 5.91 Å². The van der Waals surface area contributed by atoms with E-state index in [1.807, 2.05) is 36.4 Å².